The second kappa shape index (κ2) is 8.37. The van der Waals surface area contributed by atoms with E-state index >= 15 is 0 Å². The van der Waals surface area contributed by atoms with Crippen LogP contribution >= 0.6 is 11.3 Å². The lowest BCUT2D eigenvalue weighted by Gasteiger charge is -2.23. The highest BCUT2D eigenvalue weighted by molar-refractivity contribution is 7.91. The molecule has 3 aromatic rings. The van der Waals surface area contributed by atoms with Gasteiger partial charge in [-0.2, -0.15) is 9.40 Å². The molecule has 3 heterocycles. The van der Waals surface area contributed by atoms with Crippen LogP contribution in [0.3, 0.4) is 0 Å². The second-order valence-corrected chi connectivity index (χ2v) is 10.7. The zero-order valence-electron chi connectivity index (χ0n) is 17.1. The number of aromatic nitrogens is 2. The molecule has 1 fully saturated rings. The number of hydrogen-bond donors (Lipinski definition) is 2. The Hall–Kier alpha value is -2.82. The Morgan fingerprint density at radius 1 is 1.19 bits per heavy atom. The summed E-state index contributed by atoms with van der Waals surface area (Å²) in [4.78, 5) is 24.8. The Bertz CT molecular complexity index is 1280. The van der Waals surface area contributed by atoms with E-state index in [-0.39, 0.29) is 22.2 Å². The van der Waals surface area contributed by atoms with E-state index in [1.807, 2.05) is 32.0 Å². The van der Waals surface area contributed by atoms with Crippen LogP contribution in [0.5, 0.6) is 0 Å². The molecule has 0 saturated carbocycles. The number of carbonyl (C=O) groups excluding carboxylic acids is 1. The predicted octanol–water partition coefficient (Wildman–Crippen LogP) is 2.91. The summed E-state index contributed by atoms with van der Waals surface area (Å²) in [6.45, 7) is 4.17. The molecule has 0 bridgehead atoms. The third-order valence-corrected chi connectivity index (χ3v) is 8.71. The van der Waals surface area contributed by atoms with E-state index < -0.39 is 16.1 Å². The predicted molar refractivity (Wildman–Crippen MR) is 120 cm³/mol. The summed E-state index contributed by atoms with van der Waals surface area (Å²) in [5.74, 6) is -0.327. The lowest BCUT2D eigenvalue weighted by atomic mass is 10.1. The number of aromatic amines is 1. The van der Waals surface area contributed by atoms with Gasteiger partial charge >= 0.3 is 0 Å². The molecule has 0 radical (unpaired) electrons. The average Bonchev–Trinajstić information content (AvgIpc) is 3.41. The van der Waals surface area contributed by atoms with Crippen molar-refractivity contribution in [1.29, 1.82) is 0 Å². The van der Waals surface area contributed by atoms with Gasteiger partial charge in [-0.3, -0.25) is 9.59 Å². The minimum absolute atomic E-state index is 0.140. The number of aryl methyl sites for hydroxylation is 2. The number of H-pyrrole nitrogens is 1. The van der Waals surface area contributed by atoms with E-state index in [1.54, 1.807) is 6.07 Å². The van der Waals surface area contributed by atoms with Gasteiger partial charge in [0.2, 0.25) is 5.91 Å². The first-order valence-corrected chi connectivity index (χ1v) is 12.1. The van der Waals surface area contributed by atoms with E-state index in [9.17, 15) is 18.0 Å². The van der Waals surface area contributed by atoms with Crippen molar-refractivity contribution in [3.8, 4) is 10.6 Å². The minimum atomic E-state index is -3.85. The zero-order valence-corrected chi connectivity index (χ0v) is 18.7. The highest BCUT2D eigenvalue weighted by Crippen LogP contribution is 2.34. The standard InChI is InChI=1S/C21H22N4O4S2/c1-13-5-6-15(14(2)12-13)22-21(27)17-4-3-11-25(17)31(28,29)20-10-8-18(30-20)16-7-9-19(26)24-23-16/h5-10,12,17H,3-4,11H2,1-2H3,(H,22,27)(H,24,26)/t17-/m0/s1. The van der Waals surface area contributed by atoms with E-state index in [2.05, 4.69) is 15.5 Å². The number of amides is 1. The number of carbonyl (C=O) groups is 1. The number of sulfonamides is 1. The summed E-state index contributed by atoms with van der Waals surface area (Å²) >= 11 is 1.06. The van der Waals surface area contributed by atoms with Crippen molar-refractivity contribution < 1.29 is 13.2 Å². The number of nitrogens with one attached hydrogen (secondary N) is 2. The van der Waals surface area contributed by atoms with Crippen molar-refractivity contribution >= 4 is 33.0 Å². The first kappa shape index (κ1) is 21.4. The molecule has 8 nitrogen and oxygen atoms in total. The van der Waals surface area contributed by atoms with Gasteiger partial charge in [-0.1, -0.05) is 17.7 Å². The summed E-state index contributed by atoms with van der Waals surface area (Å²) in [6.07, 6.45) is 1.08. The summed E-state index contributed by atoms with van der Waals surface area (Å²) in [6, 6.07) is 11.0. The van der Waals surface area contributed by atoms with Gasteiger partial charge in [0.05, 0.1) is 4.88 Å². The van der Waals surface area contributed by atoms with Crippen LogP contribution in [0, 0.1) is 13.8 Å². The maximum atomic E-state index is 13.3. The van der Waals surface area contributed by atoms with Gasteiger partial charge in [-0.25, -0.2) is 13.5 Å². The minimum Gasteiger partial charge on any atom is -0.324 e. The normalized spacial score (nSPS) is 17.0. The third-order valence-electron chi connectivity index (χ3n) is 5.22. The molecule has 1 atom stereocenters. The Morgan fingerprint density at radius 3 is 2.71 bits per heavy atom. The van der Waals surface area contributed by atoms with Crippen LogP contribution in [-0.2, 0) is 14.8 Å². The summed E-state index contributed by atoms with van der Waals surface area (Å²) < 4.78 is 28.0. The third kappa shape index (κ3) is 4.32. The number of thiophene rings is 1. The molecule has 31 heavy (non-hydrogen) atoms. The van der Waals surface area contributed by atoms with E-state index in [0.29, 0.717) is 29.1 Å². The molecule has 1 aliphatic rings. The van der Waals surface area contributed by atoms with Gasteiger partial charge in [-0.15, -0.1) is 11.3 Å². The fourth-order valence-corrected chi connectivity index (χ4v) is 6.72. The SMILES string of the molecule is Cc1ccc(NC(=O)[C@@H]2CCCN2S(=O)(=O)c2ccc(-c3ccc(=O)[nH]n3)s2)c(C)c1. The number of hydrogen-bond acceptors (Lipinski definition) is 6. The number of nitrogens with zero attached hydrogens (tertiary/aromatic N) is 2. The Morgan fingerprint density at radius 2 is 2.00 bits per heavy atom. The van der Waals surface area contributed by atoms with Gasteiger partial charge < -0.3 is 5.32 Å². The molecule has 0 unspecified atom stereocenters. The fraction of sp³-hybridized carbons (Fsp3) is 0.286. The van der Waals surface area contributed by atoms with E-state index in [1.165, 1.54) is 22.5 Å². The lowest BCUT2D eigenvalue weighted by molar-refractivity contribution is -0.119. The van der Waals surface area contributed by atoms with Gasteiger partial charge in [0.15, 0.2) is 0 Å². The van der Waals surface area contributed by atoms with Crippen LogP contribution in [0.2, 0.25) is 0 Å². The number of benzene rings is 1. The molecule has 1 aliphatic heterocycles. The zero-order chi connectivity index (χ0) is 22.2. The number of anilines is 1. The smallest absolute Gasteiger partial charge is 0.264 e. The summed E-state index contributed by atoms with van der Waals surface area (Å²) in [5.41, 5.74) is 2.85. The van der Waals surface area contributed by atoms with Crippen LogP contribution in [0.4, 0.5) is 5.69 Å². The van der Waals surface area contributed by atoms with Crippen molar-refractivity contribution in [2.75, 3.05) is 11.9 Å². The van der Waals surface area contributed by atoms with Crippen LogP contribution in [0.15, 0.2) is 51.5 Å². The Kier molecular flexibility index (Phi) is 5.78. The molecule has 2 N–H and O–H groups in total. The molecule has 0 aliphatic carbocycles. The fourth-order valence-electron chi connectivity index (χ4n) is 3.65. The van der Waals surface area contributed by atoms with Crippen molar-refractivity contribution in [3.63, 3.8) is 0 Å². The van der Waals surface area contributed by atoms with Gasteiger partial charge in [0, 0.05) is 18.3 Å². The molecule has 1 aromatic carbocycles. The maximum Gasteiger partial charge on any atom is 0.264 e. The van der Waals surface area contributed by atoms with Crippen molar-refractivity contribution in [2.45, 2.75) is 36.9 Å². The average molecular weight is 459 g/mol. The second-order valence-electron chi connectivity index (χ2n) is 7.51. The lowest BCUT2D eigenvalue weighted by Crippen LogP contribution is -2.42. The molecular weight excluding hydrogens is 436 g/mol. The first-order valence-electron chi connectivity index (χ1n) is 9.81. The molecule has 10 heteroatoms. The van der Waals surface area contributed by atoms with Crippen molar-refractivity contribution in [2.24, 2.45) is 0 Å². The Labute approximate surface area is 184 Å². The van der Waals surface area contributed by atoms with Gasteiger partial charge in [-0.05, 0) is 56.5 Å². The van der Waals surface area contributed by atoms with E-state index in [0.717, 1.165) is 22.5 Å². The quantitative estimate of drug-likeness (QED) is 0.611. The topological polar surface area (TPSA) is 112 Å². The highest BCUT2D eigenvalue weighted by atomic mass is 32.2. The first-order chi connectivity index (χ1) is 14.8. The maximum absolute atomic E-state index is 13.3. The van der Waals surface area contributed by atoms with Crippen LogP contribution < -0.4 is 10.9 Å². The molecule has 2 aromatic heterocycles. The summed E-state index contributed by atoms with van der Waals surface area (Å²) in [7, 11) is -3.85. The molecule has 1 saturated heterocycles. The van der Waals surface area contributed by atoms with Crippen molar-refractivity contribution in [3.05, 3.63) is 63.9 Å². The molecular formula is C21H22N4O4S2. The monoisotopic (exact) mass is 458 g/mol. The summed E-state index contributed by atoms with van der Waals surface area (Å²) in [5, 5.41) is 9.17. The molecule has 162 valence electrons. The van der Waals surface area contributed by atoms with Crippen LogP contribution in [0.25, 0.3) is 10.6 Å². The number of rotatable bonds is 5. The molecule has 4 rings (SSSR count). The van der Waals surface area contributed by atoms with Gasteiger partial charge in [0.25, 0.3) is 15.6 Å². The van der Waals surface area contributed by atoms with Gasteiger partial charge in [0.1, 0.15) is 15.9 Å². The van der Waals surface area contributed by atoms with Crippen molar-refractivity contribution in [1.82, 2.24) is 14.5 Å². The van der Waals surface area contributed by atoms with Crippen LogP contribution in [-0.4, -0.2) is 41.4 Å². The molecule has 1 amide bonds. The largest absolute Gasteiger partial charge is 0.324 e. The highest BCUT2D eigenvalue weighted by Gasteiger charge is 2.40. The van der Waals surface area contributed by atoms with Crippen LogP contribution in [0.1, 0.15) is 24.0 Å². The van der Waals surface area contributed by atoms with E-state index in [4.69, 9.17) is 0 Å². The Balaban J connectivity index is 1.56. The molecule has 0 spiro atoms.